The van der Waals surface area contributed by atoms with Crippen LogP contribution in [0, 0.1) is 5.92 Å². The molecule has 18 nitrogen and oxygen atoms in total. The molecule has 0 unspecified atom stereocenters. The van der Waals surface area contributed by atoms with Crippen LogP contribution >= 0.6 is 0 Å². The van der Waals surface area contributed by atoms with Crippen molar-refractivity contribution in [1.29, 1.82) is 0 Å². The first-order valence-corrected chi connectivity index (χ1v) is 15.4. The van der Waals surface area contributed by atoms with E-state index in [1.165, 1.54) is 18.2 Å². The summed E-state index contributed by atoms with van der Waals surface area (Å²) < 4.78 is 38.5. The number of ether oxygens (including phenoxy) is 7. The zero-order valence-corrected chi connectivity index (χ0v) is 26.3. The second-order valence-corrected chi connectivity index (χ2v) is 11.5. The number of methoxy groups -OCH3 is 1. The molecule has 4 rings (SSSR count). The normalized spacial score (nSPS) is 35.7. The molecule has 0 saturated carbocycles. The van der Waals surface area contributed by atoms with E-state index in [9.17, 15) is 55.5 Å². The molecule has 0 spiro atoms. The van der Waals surface area contributed by atoms with Gasteiger partial charge in [0.1, 0.15) is 54.6 Å². The minimum absolute atomic E-state index is 0.0113. The number of phenolic OH excluding ortho intramolecular Hbond substituents is 1. The Labute approximate surface area is 279 Å². The van der Waals surface area contributed by atoms with Crippen LogP contribution in [0.4, 0.5) is 0 Å². The smallest absolute Gasteiger partial charge is 0.337 e. The summed E-state index contributed by atoms with van der Waals surface area (Å²) in [7, 11) is 1.10. The van der Waals surface area contributed by atoms with Crippen molar-refractivity contribution in [2.24, 2.45) is 5.92 Å². The Morgan fingerprint density at radius 3 is 2.08 bits per heavy atom. The number of aromatic hydroxyl groups is 1. The van der Waals surface area contributed by atoms with Gasteiger partial charge < -0.3 is 79.1 Å². The fourth-order valence-corrected chi connectivity index (χ4v) is 5.57. The first-order chi connectivity index (χ1) is 23.4. The summed E-state index contributed by atoms with van der Waals surface area (Å²) in [4.78, 5) is 25.7. The Morgan fingerprint density at radius 2 is 1.47 bits per heavy atom. The SMILES string of the molecule is COC(=O)C1=CO[C@@H](O[C@@H]2O[C@H](CO)[C@@H](O)[C@H](O)[C@H]2O[C@@H]2O[C@H](CO)[C@@H](O)[C@H](O)[C@H]2O)/C(=C\CO)[C@@H]1CC(=O)OCCc1ccc(O)cc1. The first-order valence-electron chi connectivity index (χ1n) is 15.4. The molecular formula is C31H42O18. The lowest BCUT2D eigenvalue weighted by molar-refractivity contribution is -0.378. The third kappa shape index (κ3) is 9.11. The van der Waals surface area contributed by atoms with Gasteiger partial charge in [0.25, 0.3) is 0 Å². The summed E-state index contributed by atoms with van der Waals surface area (Å²) in [6, 6.07) is 6.28. The number of aliphatic hydroxyl groups is 8. The molecule has 3 heterocycles. The van der Waals surface area contributed by atoms with Crippen molar-refractivity contribution in [3.63, 3.8) is 0 Å². The highest BCUT2D eigenvalue weighted by atomic mass is 16.8. The molecule has 0 bridgehead atoms. The third-order valence-corrected chi connectivity index (χ3v) is 8.30. The largest absolute Gasteiger partial charge is 0.508 e. The summed E-state index contributed by atoms with van der Waals surface area (Å²) in [5.41, 5.74) is 0.653. The van der Waals surface area contributed by atoms with Crippen LogP contribution in [0.5, 0.6) is 5.75 Å². The number of hydrogen-bond donors (Lipinski definition) is 9. The fourth-order valence-electron chi connectivity index (χ4n) is 5.57. The van der Waals surface area contributed by atoms with Gasteiger partial charge in [-0.3, -0.25) is 4.79 Å². The molecule has 0 aromatic heterocycles. The quantitative estimate of drug-likeness (QED) is 0.0711. The van der Waals surface area contributed by atoms with E-state index in [0.717, 1.165) is 18.9 Å². The van der Waals surface area contributed by atoms with Gasteiger partial charge in [0.15, 0.2) is 12.6 Å². The lowest BCUT2D eigenvalue weighted by atomic mass is 9.86. The van der Waals surface area contributed by atoms with Gasteiger partial charge in [-0.1, -0.05) is 18.2 Å². The Kier molecular flexibility index (Phi) is 13.9. The molecule has 274 valence electrons. The van der Waals surface area contributed by atoms with Gasteiger partial charge in [-0.05, 0) is 17.7 Å². The molecule has 18 heteroatoms. The van der Waals surface area contributed by atoms with E-state index < -0.39 is 112 Å². The number of benzene rings is 1. The van der Waals surface area contributed by atoms with Gasteiger partial charge in [-0.2, -0.15) is 0 Å². The first kappa shape index (κ1) is 38.6. The van der Waals surface area contributed by atoms with E-state index in [-0.39, 0.29) is 23.5 Å². The minimum atomic E-state index is -1.91. The Bertz CT molecular complexity index is 1300. The van der Waals surface area contributed by atoms with Crippen LogP contribution in [0.3, 0.4) is 0 Å². The lowest BCUT2D eigenvalue weighted by Gasteiger charge is -2.46. The molecule has 2 saturated heterocycles. The number of carbonyl (C=O) groups excluding carboxylic acids is 2. The number of hydrogen-bond acceptors (Lipinski definition) is 18. The minimum Gasteiger partial charge on any atom is -0.508 e. The van der Waals surface area contributed by atoms with Crippen LogP contribution in [0.25, 0.3) is 0 Å². The third-order valence-electron chi connectivity index (χ3n) is 8.30. The van der Waals surface area contributed by atoms with Crippen molar-refractivity contribution in [3.05, 3.63) is 53.3 Å². The lowest BCUT2D eigenvalue weighted by Crippen LogP contribution is -2.65. The molecule has 0 aliphatic carbocycles. The highest BCUT2D eigenvalue weighted by Crippen LogP contribution is 2.37. The van der Waals surface area contributed by atoms with E-state index in [1.807, 2.05) is 0 Å². The summed E-state index contributed by atoms with van der Waals surface area (Å²) in [6.45, 7) is -2.26. The van der Waals surface area contributed by atoms with E-state index >= 15 is 0 Å². The zero-order valence-electron chi connectivity index (χ0n) is 26.3. The van der Waals surface area contributed by atoms with Crippen molar-refractivity contribution in [1.82, 2.24) is 0 Å². The predicted molar refractivity (Wildman–Crippen MR) is 159 cm³/mol. The maximum Gasteiger partial charge on any atom is 0.337 e. The summed E-state index contributed by atoms with van der Waals surface area (Å²) >= 11 is 0. The molecule has 9 N–H and O–H groups in total. The van der Waals surface area contributed by atoms with Crippen LogP contribution in [-0.4, -0.2) is 159 Å². The predicted octanol–water partition coefficient (Wildman–Crippen LogP) is -3.54. The van der Waals surface area contributed by atoms with Crippen molar-refractivity contribution in [3.8, 4) is 5.75 Å². The van der Waals surface area contributed by atoms with E-state index in [1.54, 1.807) is 12.1 Å². The van der Waals surface area contributed by atoms with Crippen LogP contribution in [0.1, 0.15) is 12.0 Å². The maximum atomic E-state index is 13.0. The molecule has 0 amide bonds. The number of phenols is 1. The molecule has 12 atom stereocenters. The Morgan fingerprint density at radius 1 is 0.837 bits per heavy atom. The molecule has 2 fully saturated rings. The average Bonchev–Trinajstić information content (AvgIpc) is 3.09. The van der Waals surface area contributed by atoms with Crippen molar-refractivity contribution in [2.45, 2.75) is 80.5 Å². The van der Waals surface area contributed by atoms with Crippen LogP contribution in [0.2, 0.25) is 0 Å². The maximum absolute atomic E-state index is 13.0. The number of esters is 2. The molecule has 3 aliphatic heterocycles. The van der Waals surface area contributed by atoms with Gasteiger partial charge in [-0.25, -0.2) is 4.79 Å². The van der Waals surface area contributed by atoms with E-state index in [4.69, 9.17) is 33.2 Å². The van der Waals surface area contributed by atoms with E-state index in [2.05, 4.69) is 0 Å². The van der Waals surface area contributed by atoms with Gasteiger partial charge in [0.2, 0.25) is 6.29 Å². The monoisotopic (exact) mass is 702 g/mol. The number of aliphatic hydroxyl groups excluding tert-OH is 8. The average molecular weight is 703 g/mol. The van der Waals surface area contributed by atoms with E-state index in [0.29, 0.717) is 6.42 Å². The molecule has 1 aromatic rings. The summed E-state index contributed by atoms with van der Waals surface area (Å²) in [6.07, 6.45) is -16.8. The highest BCUT2D eigenvalue weighted by Gasteiger charge is 2.52. The molecule has 49 heavy (non-hydrogen) atoms. The molecule has 1 aromatic carbocycles. The summed E-state index contributed by atoms with van der Waals surface area (Å²) in [5.74, 6) is -2.69. The Hall–Kier alpha value is -3.24. The standard InChI is InChI=1S/C31H42O18/c1-43-28(42)18-13-45-29(16(6-8-32)17(18)10-21(36)44-9-7-14-2-4-15(35)5-3-14)49-31-27(25(40)23(38)20(12-34)47-31)48-30-26(41)24(39)22(37)19(11-33)46-30/h2-6,13,17,19-20,22-27,29-35,37-41H,7-12H2,1H3/b16-6-/t17-,19+,20+,22+,23+,24-,25-,26+,27+,29-,30-,31-/m0/s1. The van der Waals surface area contributed by atoms with Gasteiger partial charge in [-0.15, -0.1) is 0 Å². The Balaban J connectivity index is 1.56. The molecule has 3 aliphatic rings. The zero-order chi connectivity index (χ0) is 35.8. The van der Waals surface area contributed by atoms with Crippen molar-refractivity contribution < 1.29 is 88.7 Å². The summed E-state index contributed by atoms with van der Waals surface area (Å²) in [5, 5.41) is 91.1. The number of rotatable bonds is 13. The molecule has 0 radical (unpaired) electrons. The van der Waals surface area contributed by atoms with Crippen molar-refractivity contribution >= 4 is 11.9 Å². The van der Waals surface area contributed by atoms with Crippen LogP contribution < -0.4 is 0 Å². The number of carbonyl (C=O) groups is 2. The van der Waals surface area contributed by atoms with Crippen molar-refractivity contribution in [2.75, 3.05) is 33.5 Å². The fraction of sp³-hybridized carbons (Fsp3) is 0.613. The topological polar surface area (TPSA) is 281 Å². The second-order valence-electron chi connectivity index (χ2n) is 11.5. The van der Waals surface area contributed by atoms with Gasteiger partial charge in [0, 0.05) is 17.9 Å². The van der Waals surface area contributed by atoms with Gasteiger partial charge in [0.05, 0.1) is 51.8 Å². The van der Waals surface area contributed by atoms with Gasteiger partial charge >= 0.3 is 11.9 Å². The van der Waals surface area contributed by atoms with Crippen LogP contribution in [-0.2, 0) is 49.2 Å². The second kappa shape index (κ2) is 17.6. The highest BCUT2D eigenvalue weighted by molar-refractivity contribution is 5.90. The molecular weight excluding hydrogens is 660 g/mol. The van der Waals surface area contributed by atoms with Crippen LogP contribution in [0.15, 0.2) is 47.7 Å².